The summed E-state index contributed by atoms with van der Waals surface area (Å²) in [6.45, 7) is 1.80. The molecule has 1 fully saturated rings. The van der Waals surface area contributed by atoms with E-state index in [9.17, 15) is 17.6 Å². The number of halogens is 1. The normalized spacial score (nSPS) is 24.5. The van der Waals surface area contributed by atoms with Crippen molar-refractivity contribution in [3.8, 4) is 0 Å². The van der Waals surface area contributed by atoms with Crippen molar-refractivity contribution in [3.63, 3.8) is 0 Å². The Morgan fingerprint density at radius 3 is 2.41 bits per heavy atom. The standard InChI is InChI=1S/C12H13FO3S/c1-7-9(6-11(7)14)8-3-4-12(10(13)5-8)17(2,15)16/h3-5,7,9H,6H2,1-2H3. The van der Waals surface area contributed by atoms with Crippen LogP contribution >= 0.6 is 0 Å². The number of rotatable bonds is 2. The van der Waals surface area contributed by atoms with Crippen LogP contribution in [0.4, 0.5) is 4.39 Å². The van der Waals surface area contributed by atoms with Crippen LogP contribution in [0.3, 0.4) is 0 Å². The van der Waals surface area contributed by atoms with E-state index in [1.165, 1.54) is 12.1 Å². The molecule has 2 rings (SSSR count). The van der Waals surface area contributed by atoms with Gasteiger partial charge in [-0.3, -0.25) is 4.79 Å². The number of Topliss-reactive ketones (excluding diaryl/α,β-unsaturated/α-hetero) is 1. The maximum atomic E-state index is 13.6. The fraction of sp³-hybridized carbons (Fsp3) is 0.417. The van der Waals surface area contributed by atoms with Crippen molar-refractivity contribution >= 4 is 15.6 Å². The number of hydrogen-bond donors (Lipinski definition) is 0. The lowest BCUT2D eigenvalue weighted by atomic mass is 9.70. The molecule has 0 saturated heterocycles. The van der Waals surface area contributed by atoms with Crippen LogP contribution in [0.25, 0.3) is 0 Å². The second-order valence-electron chi connectivity index (χ2n) is 4.53. The molecule has 1 aromatic rings. The van der Waals surface area contributed by atoms with Gasteiger partial charge in [0.15, 0.2) is 9.84 Å². The molecule has 1 aromatic carbocycles. The van der Waals surface area contributed by atoms with Gasteiger partial charge in [-0.05, 0) is 17.7 Å². The van der Waals surface area contributed by atoms with Crippen molar-refractivity contribution in [3.05, 3.63) is 29.6 Å². The predicted molar refractivity (Wildman–Crippen MR) is 61.0 cm³/mol. The molecule has 0 aliphatic heterocycles. The number of sulfone groups is 1. The minimum atomic E-state index is -3.53. The SMILES string of the molecule is CC1C(=O)CC1c1ccc(S(C)(=O)=O)c(F)c1. The molecule has 3 nitrogen and oxygen atoms in total. The van der Waals surface area contributed by atoms with E-state index in [0.717, 1.165) is 6.26 Å². The van der Waals surface area contributed by atoms with E-state index in [4.69, 9.17) is 0 Å². The van der Waals surface area contributed by atoms with Crippen LogP contribution in [-0.4, -0.2) is 20.5 Å². The second kappa shape index (κ2) is 3.91. The summed E-state index contributed by atoms with van der Waals surface area (Å²) in [5, 5.41) is 0. The fourth-order valence-corrected chi connectivity index (χ4v) is 2.83. The van der Waals surface area contributed by atoms with Crippen LogP contribution in [0.1, 0.15) is 24.8 Å². The van der Waals surface area contributed by atoms with Crippen LogP contribution in [0.5, 0.6) is 0 Å². The highest BCUT2D eigenvalue weighted by atomic mass is 32.2. The summed E-state index contributed by atoms with van der Waals surface area (Å²) < 4.78 is 36.1. The van der Waals surface area contributed by atoms with Gasteiger partial charge in [-0.1, -0.05) is 13.0 Å². The molecule has 2 atom stereocenters. The van der Waals surface area contributed by atoms with Gasteiger partial charge in [-0.15, -0.1) is 0 Å². The van der Waals surface area contributed by atoms with Crippen molar-refractivity contribution in [1.82, 2.24) is 0 Å². The second-order valence-corrected chi connectivity index (χ2v) is 6.51. The first kappa shape index (κ1) is 12.2. The Balaban J connectivity index is 2.36. The van der Waals surface area contributed by atoms with Crippen molar-refractivity contribution in [2.24, 2.45) is 5.92 Å². The molecule has 0 bridgehead atoms. The monoisotopic (exact) mass is 256 g/mol. The average molecular weight is 256 g/mol. The lowest BCUT2D eigenvalue weighted by Crippen LogP contribution is -2.32. The Morgan fingerprint density at radius 2 is 2.00 bits per heavy atom. The highest BCUT2D eigenvalue weighted by Crippen LogP contribution is 2.39. The molecule has 0 N–H and O–H groups in total. The number of carbonyl (C=O) groups excluding carboxylic acids is 1. The number of carbonyl (C=O) groups is 1. The molecule has 0 radical (unpaired) electrons. The van der Waals surface area contributed by atoms with Gasteiger partial charge in [0, 0.05) is 24.5 Å². The first-order valence-electron chi connectivity index (χ1n) is 5.33. The van der Waals surface area contributed by atoms with E-state index in [0.29, 0.717) is 12.0 Å². The van der Waals surface area contributed by atoms with Gasteiger partial charge in [-0.2, -0.15) is 0 Å². The lowest BCUT2D eigenvalue weighted by molar-refractivity contribution is -0.130. The van der Waals surface area contributed by atoms with Crippen molar-refractivity contribution < 1.29 is 17.6 Å². The zero-order valence-corrected chi connectivity index (χ0v) is 10.4. The maximum Gasteiger partial charge on any atom is 0.178 e. The fourth-order valence-electron chi connectivity index (χ4n) is 2.10. The van der Waals surface area contributed by atoms with Gasteiger partial charge >= 0.3 is 0 Å². The van der Waals surface area contributed by atoms with Gasteiger partial charge in [-0.25, -0.2) is 12.8 Å². The molecular weight excluding hydrogens is 243 g/mol. The maximum absolute atomic E-state index is 13.6. The van der Waals surface area contributed by atoms with E-state index in [2.05, 4.69) is 0 Å². The lowest BCUT2D eigenvalue weighted by Gasteiger charge is -2.32. The zero-order valence-electron chi connectivity index (χ0n) is 9.60. The Hall–Kier alpha value is -1.23. The molecule has 2 unspecified atom stereocenters. The largest absolute Gasteiger partial charge is 0.299 e. The number of ketones is 1. The van der Waals surface area contributed by atoms with Crippen molar-refractivity contribution in [2.75, 3.05) is 6.26 Å². The van der Waals surface area contributed by atoms with Crippen LogP contribution in [0, 0.1) is 11.7 Å². The highest BCUT2D eigenvalue weighted by molar-refractivity contribution is 7.90. The third-order valence-corrected chi connectivity index (χ3v) is 4.45. The highest BCUT2D eigenvalue weighted by Gasteiger charge is 2.37. The summed E-state index contributed by atoms with van der Waals surface area (Å²) >= 11 is 0. The van der Waals surface area contributed by atoms with E-state index >= 15 is 0 Å². The summed E-state index contributed by atoms with van der Waals surface area (Å²) in [6, 6.07) is 4.09. The molecule has 0 aromatic heterocycles. The number of benzene rings is 1. The van der Waals surface area contributed by atoms with E-state index in [1.54, 1.807) is 13.0 Å². The van der Waals surface area contributed by atoms with Crippen molar-refractivity contribution in [2.45, 2.75) is 24.2 Å². The smallest absolute Gasteiger partial charge is 0.178 e. The van der Waals surface area contributed by atoms with Crippen LogP contribution in [0.15, 0.2) is 23.1 Å². The molecule has 17 heavy (non-hydrogen) atoms. The molecule has 92 valence electrons. The quantitative estimate of drug-likeness (QED) is 0.812. The Kier molecular flexibility index (Phi) is 2.81. The topological polar surface area (TPSA) is 51.2 Å². The van der Waals surface area contributed by atoms with Crippen molar-refractivity contribution in [1.29, 1.82) is 0 Å². The third-order valence-electron chi connectivity index (χ3n) is 3.32. The molecule has 0 spiro atoms. The van der Waals surface area contributed by atoms with Gasteiger partial charge in [0.05, 0.1) is 0 Å². The molecule has 0 heterocycles. The van der Waals surface area contributed by atoms with Crippen LogP contribution in [-0.2, 0) is 14.6 Å². The Morgan fingerprint density at radius 1 is 1.35 bits per heavy atom. The minimum Gasteiger partial charge on any atom is -0.299 e. The first-order chi connectivity index (χ1) is 7.80. The third kappa shape index (κ3) is 2.11. The van der Waals surface area contributed by atoms with Crippen LogP contribution in [0.2, 0.25) is 0 Å². The predicted octanol–water partition coefficient (Wildman–Crippen LogP) is 1.92. The summed E-state index contributed by atoms with van der Waals surface area (Å²) in [6.07, 6.45) is 1.39. The Labute approximate surface area is 99.6 Å². The van der Waals surface area contributed by atoms with E-state index < -0.39 is 15.7 Å². The minimum absolute atomic E-state index is 0.0191. The van der Waals surface area contributed by atoms with Gasteiger partial charge in [0.25, 0.3) is 0 Å². The molecule has 0 amide bonds. The van der Waals surface area contributed by atoms with Gasteiger partial charge in [0.1, 0.15) is 16.5 Å². The summed E-state index contributed by atoms with van der Waals surface area (Å²) in [5.74, 6) is -0.650. The molecule has 1 aliphatic carbocycles. The number of hydrogen-bond acceptors (Lipinski definition) is 3. The van der Waals surface area contributed by atoms with Gasteiger partial charge < -0.3 is 0 Å². The zero-order chi connectivity index (χ0) is 12.8. The summed E-state index contributed by atoms with van der Waals surface area (Å²) in [4.78, 5) is 10.8. The van der Waals surface area contributed by atoms with Crippen LogP contribution < -0.4 is 0 Å². The summed E-state index contributed by atoms with van der Waals surface area (Å²) in [7, 11) is -3.53. The molecule has 5 heteroatoms. The molecule has 1 aliphatic rings. The molecular formula is C12H13FO3S. The molecule has 1 saturated carbocycles. The first-order valence-corrected chi connectivity index (χ1v) is 7.22. The van der Waals surface area contributed by atoms with Gasteiger partial charge in [0.2, 0.25) is 0 Å². The average Bonchev–Trinajstić information content (AvgIpc) is 2.23. The summed E-state index contributed by atoms with van der Waals surface area (Å²) in [5.41, 5.74) is 0.696. The van der Waals surface area contributed by atoms with E-state index in [1.807, 2.05) is 0 Å². The Bertz CT molecular complexity index is 577. The van der Waals surface area contributed by atoms with E-state index in [-0.39, 0.29) is 22.5 Å².